The van der Waals surface area contributed by atoms with Crippen LogP contribution >= 0.6 is 0 Å². The Morgan fingerprint density at radius 3 is 2.39 bits per heavy atom. The van der Waals surface area contributed by atoms with Gasteiger partial charge in [-0.2, -0.15) is 0 Å². The van der Waals surface area contributed by atoms with E-state index >= 15 is 0 Å². The fourth-order valence-corrected chi connectivity index (χ4v) is 3.89. The molecule has 31 heavy (non-hydrogen) atoms. The molecule has 1 atom stereocenters. The zero-order valence-electron chi connectivity index (χ0n) is 20.1. The van der Waals surface area contributed by atoms with E-state index in [2.05, 4.69) is 0 Å². The molecule has 0 aromatic carbocycles. The maximum Gasteiger partial charge on any atom is 0.410 e. The predicted molar refractivity (Wildman–Crippen MR) is 115 cm³/mol. The summed E-state index contributed by atoms with van der Waals surface area (Å²) < 4.78 is 16.8. The highest BCUT2D eigenvalue weighted by molar-refractivity contribution is 5.84. The molecule has 0 radical (unpaired) electrons. The van der Waals surface area contributed by atoms with E-state index in [0.717, 1.165) is 12.8 Å². The Morgan fingerprint density at radius 2 is 1.84 bits per heavy atom. The molecule has 2 rings (SSSR count). The summed E-state index contributed by atoms with van der Waals surface area (Å²) >= 11 is 0. The summed E-state index contributed by atoms with van der Waals surface area (Å²) in [7, 11) is 1.63. The van der Waals surface area contributed by atoms with Crippen LogP contribution in [0.1, 0.15) is 60.8 Å². The average Bonchev–Trinajstić information content (AvgIpc) is 2.64. The Hall–Kier alpha value is -2.03. The summed E-state index contributed by atoms with van der Waals surface area (Å²) in [5.74, 6) is -0.500. The lowest BCUT2D eigenvalue weighted by Gasteiger charge is -2.57. The van der Waals surface area contributed by atoms with Crippen molar-refractivity contribution in [3.63, 3.8) is 0 Å². The first-order valence-corrected chi connectivity index (χ1v) is 11.2. The van der Waals surface area contributed by atoms with Gasteiger partial charge < -0.3 is 19.1 Å². The van der Waals surface area contributed by atoms with Crippen LogP contribution in [0.25, 0.3) is 0 Å². The number of rotatable bonds is 6. The second-order valence-corrected chi connectivity index (χ2v) is 9.74. The van der Waals surface area contributed by atoms with Gasteiger partial charge >= 0.3 is 18.1 Å². The van der Waals surface area contributed by atoms with Crippen molar-refractivity contribution in [1.82, 2.24) is 14.7 Å². The number of hydrogen-bond donors (Lipinski definition) is 0. The van der Waals surface area contributed by atoms with Crippen LogP contribution in [0.2, 0.25) is 0 Å². The molecule has 3 amide bonds. The van der Waals surface area contributed by atoms with Crippen molar-refractivity contribution in [2.45, 2.75) is 78.2 Å². The molecule has 0 aliphatic carbocycles. The normalized spacial score (nSPS) is 19.1. The Bertz CT molecular complexity index is 654. The van der Waals surface area contributed by atoms with Gasteiger partial charge in [-0.1, -0.05) is 27.2 Å². The van der Waals surface area contributed by atoms with E-state index in [4.69, 9.17) is 14.2 Å². The summed E-state index contributed by atoms with van der Waals surface area (Å²) in [6.07, 6.45) is 1.99. The van der Waals surface area contributed by atoms with Crippen molar-refractivity contribution in [1.29, 1.82) is 0 Å². The van der Waals surface area contributed by atoms with Crippen molar-refractivity contribution >= 4 is 18.1 Å². The largest absolute Gasteiger partial charge is 0.464 e. The predicted octanol–water partition coefficient (Wildman–Crippen LogP) is 3.08. The second kappa shape index (κ2) is 10.1. The van der Waals surface area contributed by atoms with E-state index in [1.807, 2.05) is 41.5 Å². The molecule has 9 nitrogen and oxygen atoms in total. The van der Waals surface area contributed by atoms with E-state index in [1.165, 1.54) is 9.80 Å². The Morgan fingerprint density at radius 1 is 1.19 bits per heavy atom. The first-order valence-electron chi connectivity index (χ1n) is 11.2. The van der Waals surface area contributed by atoms with Crippen LogP contribution in [0.3, 0.4) is 0 Å². The van der Waals surface area contributed by atoms with E-state index < -0.39 is 29.4 Å². The number of likely N-dealkylation sites (tertiary alicyclic amines) is 1. The molecule has 0 unspecified atom stereocenters. The van der Waals surface area contributed by atoms with Crippen LogP contribution in [-0.4, -0.2) is 90.1 Å². The molecule has 2 saturated heterocycles. The van der Waals surface area contributed by atoms with Gasteiger partial charge in [-0.25, -0.2) is 14.4 Å². The van der Waals surface area contributed by atoms with E-state index in [-0.39, 0.29) is 25.0 Å². The Balaban J connectivity index is 2.09. The van der Waals surface area contributed by atoms with Gasteiger partial charge in [0.25, 0.3) is 0 Å². The van der Waals surface area contributed by atoms with E-state index in [0.29, 0.717) is 26.2 Å². The molecule has 0 N–H and O–H groups in total. The van der Waals surface area contributed by atoms with Crippen molar-refractivity contribution < 1.29 is 28.6 Å². The van der Waals surface area contributed by atoms with Gasteiger partial charge in [-0.05, 0) is 39.5 Å². The van der Waals surface area contributed by atoms with Crippen LogP contribution in [0.15, 0.2) is 0 Å². The second-order valence-electron chi connectivity index (χ2n) is 9.74. The fraction of sp³-hybridized carbons (Fsp3) is 0.864. The molecular weight excluding hydrogens is 402 g/mol. The lowest BCUT2D eigenvalue weighted by molar-refractivity contribution is -0.230. The Labute approximate surface area is 185 Å². The molecule has 2 fully saturated rings. The third kappa shape index (κ3) is 6.02. The number of carbonyl (C=O) groups is 3. The average molecular weight is 442 g/mol. The van der Waals surface area contributed by atoms with Crippen LogP contribution in [0.4, 0.5) is 9.59 Å². The highest BCUT2D eigenvalue weighted by Crippen LogP contribution is 2.35. The number of hydrogen-bond acceptors (Lipinski definition) is 6. The van der Waals surface area contributed by atoms with Crippen LogP contribution < -0.4 is 0 Å². The van der Waals surface area contributed by atoms with Gasteiger partial charge in [0.2, 0.25) is 0 Å². The molecule has 2 aliphatic heterocycles. The highest BCUT2D eigenvalue weighted by atomic mass is 16.6. The molecule has 9 heteroatoms. The number of likely N-dealkylation sites (N-methyl/N-ethyl adjacent to an activating group) is 1. The number of nitrogens with zero attached hydrogens (tertiary/aromatic N) is 3. The number of esters is 1. The Kier molecular flexibility index (Phi) is 8.19. The van der Waals surface area contributed by atoms with E-state index in [9.17, 15) is 14.4 Å². The molecule has 0 bridgehead atoms. The standard InChI is InChI=1S/C22H39N3O6/c1-8-9-12-29-18(26)17(16(2)3)23(7)19(27)25-11-10-13-30-22(25)14-24(15-22)20(28)31-21(4,5)6/h16-17H,8-15H2,1-7H3/t17-/m0/s1. The highest BCUT2D eigenvalue weighted by Gasteiger charge is 2.55. The fourth-order valence-electron chi connectivity index (χ4n) is 3.89. The summed E-state index contributed by atoms with van der Waals surface area (Å²) in [4.78, 5) is 43.1. The molecule has 0 saturated carbocycles. The SMILES string of the molecule is CCCCOC(=O)[C@H](C(C)C)N(C)C(=O)N1CCCOC12CN(C(=O)OC(C)(C)C)C2. The lowest BCUT2D eigenvalue weighted by Crippen LogP contribution is -2.76. The van der Waals surface area contributed by atoms with Crippen molar-refractivity contribution in [2.24, 2.45) is 5.92 Å². The summed E-state index contributed by atoms with van der Waals surface area (Å²) in [5.41, 5.74) is -1.47. The first-order chi connectivity index (χ1) is 14.4. The molecule has 2 heterocycles. The van der Waals surface area contributed by atoms with Crippen LogP contribution in [0, 0.1) is 5.92 Å². The minimum Gasteiger partial charge on any atom is -0.464 e. The molecular formula is C22H39N3O6. The number of unbranched alkanes of at least 4 members (excludes halogenated alkanes) is 1. The zero-order valence-corrected chi connectivity index (χ0v) is 20.1. The first kappa shape index (κ1) is 25.2. The topological polar surface area (TPSA) is 88.6 Å². The van der Waals surface area contributed by atoms with Gasteiger partial charge in [-0.3, -0.25) is 9.80 Å². The maximum atomic E-state index is 13.4. The molecule has 178 valence electrons. The van der Waals surface area contributed by atoms with Gasteiger partial charge in [0.1, 0.15) is 11.6 Å². The molecule has 1 spiro atoms. The smallest absolute Gasteiger partial charge is 0.410 e. The van der Waals surface area contributed by atoms with Gasteiger partial charge in [0, 0.05) is 13.6 Å². The maximum absolute atomic E-state index is 13.4. The number of ether oxygens (including phenoxy) is 3. The minimum atomic E-state index is -0.881. The van der Waals surface area contributed by atoms with Crippen molar-refractivity contribution in [3.05, 3.63) is 0 Å². The zero-order chi connectivity index (χ0) is 23.4. The lowest BCUT2D eigenvalue weighted by atomic mass is 9.99. The van der Waals surface area contributed by atoms with E-state index in [1.54, 1.807) is 11.9 Å². The van der Waals surface area contributed by atoms with Crippen molar-refractivity contribution in [2.75, 3.05) is 39.9 Å². The van der Waals surface area contributed by atoms with Gasteiger partial charge in [-0.15, -0.1) is 0 Å². The minimum absolute atomic E-state index is 0.107. The van der Waals surface area contributed by atoms with Gasteiger partial charge in [0.15, 0.2) is 5.72 Å². The van der Waals surface area contributed by atoms with Crippen molar-refractivity contribution in [3.8, 4) is 0 Å². The third-order valence-electron chi connectivity index (χ3n) is 5.48. The van der Waals surface area contributed by atoms with Gasteiger partial charge in [0.05, 0.1) is 26.3 Å². The molecule has 2 aliphatic rings. The summed E-state index contributed by atoms with van der Waals surface area (Å²) in [6.45, 7) is 13.1. The summed E-state index contributed by atoms with van der Waals surface area (Å²) in [6, 6.07) is -0.986. The number of carbonyl (C=O) groups excluding carboxylic acids is 3. The van der Waals surface area contributed by atoms with Crippen LogP contribution in [0.5, 0.6) is 0 Å². The quantitative estimate of drug-likeness (QED) is 0.465. The molecule has 0 aromatic heterocycles. The number of urea groups is 1. The van der Waals surface area contributed by atoms with Crippen LogP contribution in [-0.2, 0) is 19.0 Å². The third-order valence-corrected chi connectivity index (χ3v) is 5.48. The summed E-state index contributed by atoms with van der Waals surface area (Å²) in [5, 5.41) is 0. The number of amides is 3. The monoisotopic (exact) mass is 441 g/mol. The molecule has 0 aromatic rings.